The van der Waals surface area contributed by atoms with Crippen LogP contribution in [0.5, 0.6) is 0 Å². The van der Waals surface area contributed by atoms with Crippen LogP contribution in [0.4, 0.5) is 10.5 Å². The molecule has 0 aliphatic heterocycles. The summed E-state index contributed by atoms with van der Waals surface area (Å²) in [5.41, 5.74) is 5.71. The molecule has 0 unspecified atom stereocenters. The molecule has 21 heavy (non-hydrogen) atoms. The first-order chi connectivity index (χ1) is 10.1. The van der Waals surface area contributed by atoms with E-state index >= 15 is 0 Å². The number of hydrogen-bond donors (Lipinski definition) is 2. The molecule has 0 atom stereocenters. The van der Waals surface area contributed by atoms with Crippen LogP contribution in [0.15, 0.2) is 58.7 Å². The number of allylic oxidation sites excluding steroid dienone is 4. The Balaban J connectivity index is 2.30. The standard InChI is InChI=1S/C17H23N3O/c1-14(2)8-7-9-15(3)12-13-18-20-17(21)19-16-10-5-4-6-11-16/h4-6,8,10-13H,7,9H2,1-3H3,(H2,19,20,21). The van der Waals surface area contributed by atoms with Crippen molar-refractivity contribution in [2.45, 2.75) is 33.6 Å². The van der Waals surface area contributed by atoms with E-state index in [1.807, 2.05) is 36.4 Å². The molecule has 0 bridgehead atoms. The normalized spacial score (nSPS) is 11.3. The molecule has 0 fully saturated rings. The maximum atomic E-state index is 11.5. The van der Waals surface area contributed by atoms with Gasteiger partial charge in [0.1, 0.15) is 0 Å². The van der Waals surface area contributed by atoms with E-state index in [0.29, 0.717) is 0 Å². The van der Waals surface area contributed by atoms with Crippen LogP contribution in [0.25, 0.3) is 0 Å². The number of benzene rings is 1. The summed E-state index contributed by atoms with van der Waals surface area (Å²) >= 11 is 0. The fraction of sp³-hybridized carbons (Fsp3) is 0.294. The van der Waals surface area contributed by atoms with Crippen molar-refractivity contribution in [3.63, 3.8) is 0 Å². The van der Waals surface area contributed by atoms with Gasteiger partial charge in [0.25, 0.3) is 0 Å². The van der Waals surface area contributed by atoms with E-state index in [9.17, 15) is 4.79 Å². The second-order valence-electron chi connectivity index (χ2n) is 5.04. The van der Waals surface area contributed by atoms with E-state index in [-0.39, 0.29) is 6.03 Å². The Labute approximate surface area is 126 Å². The molecule has 0 aromatic heterocycles. The maximum absolute atomic E-state index is 11.5. The van der Waals surface area contributed by atoms with Crippen molar-refractivity contribution in [3.05, 3.63) is 53.6 Å². The summed E-state index contributed by atoms with van der Waals surface area (Å²) < 4.78 is 0. The molecule has 4 heteroatoms. The second-order valence-corrected chi connectivity index (χ2v) is 5.04. The molecule has 1 rings (SSSR count). The predicted molar refractivity (Wildman–Crippen MR) is 89.5 cm³/mol. The van der Waals surface area contributed by atoms with Gasteiger partial charge in [0.15, 0.2) is 0 Å². The fourth-order valence-electron chi connectivity index (χ4n) is 1.61. The van der Waals surface area contributed by atoms with E-state index < -0.39 is 0 Å². The summed E-state index contributed by atoms with van der Waals surface area (Å²) in [6.45, 7) is 6.24. The third-order valence-corrected chi connectivity index (χ3v) is 2.72. The van der Waals surface area contributed by atoms with Crippen molar-refractivity contribution in [3.8, 4) is 0 Å². The van der Waals surface area contributed by atoms with Crippen molar-refractivity contribution < 1.29 is 4.79 Å². The quantitative estimate of drug-likeness (QED) is 0.452. The highest BCUT2D eigenvalue weighted by molar-refractivity contribution is 5.89. The van der Waals surface area contributed by atoms with Crippen LogP contribution in [0.2, 0.25) is 0 Å². The number of urea groups is 1. The number of nitrogens with one attached hydrogen (secondary N) is 2. The molecule has 1 aromatic rings. The predicted octanol–water partition coefficient (Wildman–Crippen LogP) is 4.49. The number of anilines is 1. The second kappa shape index (κ2) is 9.53. The average molecular weight is 285 g/mol. The Hall–Kier alpha value is -2.36. The molecule has 4 nitrogen and oxygen atoms in total. The molecule has 2 amide bonds. The van der Waals surface area contributed by atoms with Gasteiger partial charge in [-0.25, -0.2) is 10.2 Å². The zero-order valence-electron chi connectivity index (χ0n) is 12.9. The number of hydrogen-bond acceptors (Lipinski definition) is 2. The van der Waals surface area contributed by atoms with Gasteiger partial charge >= 0.3 is 6.03 Å². The van der Waals surface area contributed by atoms with Crippen LogP contribution < -0.4 is 10.7 Å². The van der Waals surface area contributed by atoms with Gasteiger partial charge in [-0.05, 0) is 51.8 Å². The van der Waals surface area contributed by atoms with Gasteiger partial charge in [0, 0.05) is 11.9 Å². The first-order valence-corrected chi connectivity index (χ1v) is 7.02. The molecular formula is C17H23N3O. The van der Waals surface area contributed by atoms with Crippen molar-refractivity contribution in [2.24, 2.45) is 5.10 Å². The highest BCUT2D eigenvalue weighted by atomic mass is 16.2. The summed E-state index contributed by atoms with van der Waals surface area (Å²) in [6.07, 6.45) is 7.73. The topological polar surface area (TPSA) is 53.5 Å². The third-order valence-electron chi connectivity index (χ3n) is 2.72. The van der Waals surface area contributed by atoms with Crippen LogP contribution in [0, 0.1) is 0 Å². The molecule has 0 saturated heterocycles. The maximum Gasteiger partial charge on any atom is 0.339 e. The Morgan fingerprint density at radius 1 is 1.19 bits per heavy atom. The summed E-state index contributed by atoms with van der Waals surface area (Å²) in [4.78, 5) is 11.5. The molecule has 0 radical (unpaired) electrons. The highest BCUT2D eigenvalue weighted by Crippen LogP contribution is 2.05. The van der Waals surface area contributed by atoms with E-state index in [4.69, 9.17) is 0 Å². The lowest BCUT2D eigenvalue weighted by Gasteiger charge is -2.02. The van der Waals surface area contributed by atoms with Crippen molar-refractivity contribution >= 4 is 17.9 Å². The minimum Gasteiger partial charge on any atom is -0.307 e. The molecule has 0 aliphatic rings. The molecule has 0 saturated carbocycles. The van der Waals surface area contributed by atoms with Crippen molar-refractivity contribution in [2.75, 3.05) is 5.32 Å². The lowest BCUT2D eigenvalue weighted by Crippen LogP contribution is -2.23. The van der Waals surface area contributed by atoms with Gasteiger partial charge in [0.2, 0.25) is 0 Å². The van der Waals surface area contributed by atoms with Crippen LogP contribution in [-0.4, -0.2) is 12.2 Å². The summed E-state index contributed by atoms with van der Waals surface area (Å²) in [7, 11) is 0. The number of nitrogens with zero attached hydrogens (tertiary/aromatic N) is 1. The van der Waals surface area contributed by atoms with Crippen LogP contribution in [0.1, 0.15) is 33.6 Å². The number of amides is 2. The van der Waals surface area contributed by atoms with E-state index in [1.54, 1.807) is 6.21 Å². The minimum atomic E-state index is -0.354. The van der Waals surface area contributed by atoms with Gasteiger partial charge in [-0.2, -0.15) is 5.10 Å². The highest BCUT2D eigenvalue weighted by Gasteiger charge is 1.97. The van der Waals surface area contributed by atoms with Crippen LogP contribution >= 0.6 is 0 Å². The number of rotatable bonds is 6. The van der Waals surface area contributed by atoms with Gasteiger partial charge in [-0.1, -0.05) is 35.4 Å². The summed E-state index contributed by atoms with van der Waals surface area (Å²) in [5.74, 6) is 0. The van der Waals surface area contributed by atoms with E-state index in [2.05, 4.69) is 42.7 Å². The lowest BCUT2D eigenvalue weighted by molar-refractivity contribution is 0.252. The first kappa shape index (κ1) is 16.7. The zero-order chi connectivity index (χ0) is 15.5. The Kier molecular flexibility index (Phi) is 7.58. The lowest BCUT2D eigenvalue weighted by atomic mass is 10.1. The van der Waals surface area contributed by atoms with Crippen molar-refractivity contribution in [1.82, 2.24) is 5.43 Å². The smallest absolute Gasteiger partial charge is 0.307 e. The van der Waals surface area contributed by atoms with Crippen LogP contribution in [-0.2, 0) is 0 Å². The molecule has 0 aliphatic carbocycles. The number of hydrazone groups is 1. The van der Waals surface area contributed by atoms with Gasteiger partial charge in [-0.3, -0.25) is 0 Å². The molecule has 0 spiro atoms. The Morgan fingerprint density at radius 3 is 2.57 bits per heavy atom. The van der Waals surface area contributed by atoms with Crippen molar-refractivity contribution in [1.29, 1.82) is 0 Å². The molecule has 1 aromatic carbocycles. The summed E-state index contributed by atoms with van der Waals surface area (Å²) in [5, 5.41) is 6.56. The molecule has 112 valence electrons. The SMILES string of the molecule is CC(C)=CCCC(C)=CC=NNC(=O)Nc1ccccc1. The zero-order valence-corrected chi connectivity index (χ0v) is 12.9. The first-order valence-electron chi connectivity index (χ1n) is 7.02. The van der Waals surface area contributed by atoms with Crippen LogP contribution in [0.3, 0.4) is 0 Å². The monoisotopic (exact) mass is 285 g/mol. The largest absolute Gasteiger partial charge is 0.339 e. The van der Waals surface area contributed by atoms with E-state index in [1.165, 1.54) is 11.1 Å². The van der Waals surface area contributed by atoms with Gasteiger partial charge in [0.05, 0.1) is 0 Å². The average Bonchev–Trinajstić information content (AvgIpc) is 2.44. The summed E-state index contributed by atoms with van der Waals surface area (Å²) in [6, 6.07) is 8.89. The third kappa shape index (κ3) is 8.42. The number of carbonyl (C=O) groups is 1. The Bertz CT molecular complexity index is 526. The molecule has 2 N–H and O–H groups in total. The molecular weight excluding hydrogens is 262 g/mol. The van der Waals surface area contributed by atoms with Gasteiger partial charge in [-0.15, -0.1) is 0 Å². The number of para-hydroxylation sites is 1. The Morgan fingerprint density at radius 2 is 1.90 bits per heavy atom. The van der Waals surface area contributed by atoms with Gasteiger partial charge < -0.3 is 5.32 Å². The fourth-order valence-corrected chi connectivity index (χ4v) is 1.61. The minimum absolute atomic E-state index is 0.354. The number of carbonyl (C=O) groups excluding carboxylic acids is 1. The van der Waals surface area contributed by atoms with E-state index in [0.717, 1.165) is 18.5 Å². The molecule has 0 heterocycles.